The number of anilines is 2. The molecule has 0 aliphatic rings. The smallest absolute Gasteiger partial charge is 0.251 e. The number of nitrogens with zero attached hydrogens (tertiary/aromatic N) is 2. The van der Waals surface area contributed by atoms with Gasteiger partial charge in [-0.25, -0.2) is 9.97 Å². The molecule has 6 heteroatoms. The standard InChI is InChI=1S/C17H22N4O2/c1-4-14(10-22)20-16(23)13-5-7-15(8-6-13)21-17-18-11(2)9-12(3)19-17/h5-9,14,22H,4,10H2,1-3H3,(H,20,23)(H,18,19,21). The van der Waals surface area contributed by atoms with E-state index in [1.54, 1.807) is 24.3 Å². The van der Waals surface area contributed by atoms with Crippen molar-refractivity contribution in [3.63, 3.8) is 0 Å². The minimum absolute atomic E-state index is 0.0636. The van der Waals surface area contributed by atoms with Crippen LogP contribution in [0.25, 0.3) is 0 Å². The molecule has 0 radical (unpaired) electrons. The number of aromatic nitrogens is 2. The molecule has 6 nitrogen and oxygen atoms in total. The van der Waals surface area contributed by atoms with Gasteiger partial charge in [-0.05, 0) is 50.6 Å². The first-order valence-corrected chi connectivity index (χ1v) is 7.63. The van der Waals surface area contributed by atoms with Crippen molar-refractivity contribution in [3.8, 4) is 0 Å². The molecule has 2 aromatic rings. The van der Waals surface area contributed by atoms with Gasteiger partial charge in [0, 0.05) is 22.6 Å². The topological polar surface area (TPSA) is 87.1 Å². The second-order valence-electron chi connectivity index (χ2n) is 5.44. The van der Waals surface area contributed by atoms with Gasteiger partial charge in [0.1, 0.15) is 0 Å². The predicted molar refractivity (Wildman–Crippen MR) is 89.9 cm³/mol. The number of carbonyl (C=O) groups is 1. The van der Waals surface area contributed by atoms with E-state index < -0.39 is 0 Å². The van der Waals surface area contributed by atoms with Crippen molar-refractivity contribution >= 4 is 17.5 Å². The Morgan fingerprint density at radius 3 is 2.30 bits per heavy atom. The van der Waals surface area contributed by atoms with Crippen molar-refractivity contribution in [2.45, 2.75) is 33.2 Å². The number of hydrogen-bond acceptors (Lipinski definition) is 5. The fraction of sp³-hybridized carbons (Fsp3) is 0.353. The van der Waals surface area contributed by atoms with Gasteiger partial charge in [-0.3, -0.25) is 4.79 Å². The lowest BCUT2D eigenvalue weighted by molar-refractivity contribution is 0.0915. The molecule has 0 fully saturated rings. The van der Waals surface area contributed by atoms with E-state index in [9.17, 15) is 4.79 Å². The first-order chi connectivity index (χ1) is 11.0. The zero-order valence-corrected chi connectivity index (χ0v) is 13.6. The normalized spacial score (nSPS) is 11.8. The summed E-state index contributed by atoms with van der Waals surface area (Å²) in [7, 11) is 0. The molecule has 1 heterocycles. The molecule has 2 rings (SSSR count). The van der Waals surface area contributed by atoms with E-state index in [0.29, 0.717) is 17.9 Å². The van der Waals surface area contributed by atoms with Crippen LogP contribution < -0.4 is 10.6 Å². The van der Waals surface area contributed by atoms with E-state index in [-0.39, 0.29) is 18.6 Å². The zero-order valence-electron chi connectivity index (χ0n) is 13.6. The maximum Gasteiger partial charge on any atom is 0.251 e. The van der Waals surface area contributed by atoms with Gasteiger partial charge < -0.3 is 15.7 Å². The molecular weight excluding hydrogens is 292 g/mol. The highest BCUT2D eigenvalue weighted by Gasteiger charge is 2.11. The summed E-state index contributed by atoms with van der Waals surface area (Å²) in [6.07, 6.45) is 0.686. The Hall–Kier alpha value is -2.47. The Morgan fingerprint density at radius 2 is 1.78 bits per heavy atom. The van der Waals surface area contributed by atoms with E-state index in [1.807, 2.05) is 26.8 Å². The molecule has 0 bridgehead atoms. The average Bonchev–Trinajstić information content (AvgIpc) is 2.52. The van der Waals surface area contributed by atoms with E-state index in [2.05, 4.69) is 20.6 Å². The molecule has 0 saturated heterocycles. The van der Waals surface area contributed by atoms with E-state index in [4.69, 9.17) is 5.11 Å². The molecule has 0 aliphatic carbocycles. The summed E-state index contributed by atoms with van der Waals surface area (Å²) in [4.78, 5) is 20.7. The monoisotopic (exact) mass is 314 g/mol. The van der Waals surface area contributed by atoms with Crippen LogP contribution in [0.15, 0.2) is 30.3 Å². The van der Waals surface area contributed by atoms with Gasteiger partial charge in [0.2, 0.25) is 5.95 Å². The Kier molecular flexibility index (Phi) is 5.65. The minimum atomic E-state index is -0.219. The number of carbonyl (C=O) groups excluding carboxylic acids is 1. The van der Waals surface area contributed by atoms with Crippen LogP contribution in [0.1, 0.15) is 35.1 Å². The summed E-state index contributed by atoms with van der Waals surface area (Å²) < 4.78 is 0. The quantitative estimate of drug-likeness (QED) is 0.762. The molecule has 23 heavy (non-hydrogen) atoms. The fourth-order valence-corrected chi connectivity index (χ4v) is 2.16. The van der Waals surface area contributed by atoms with Gasteiger partial charge in [-0.1, -0.05) is 6.92 Å². The largest absolute Gasteiger partial charge is 0.394 e. The molecule has 1 amide bonds. The Labute approximate surface area is 136 Å². The number of aryl methyl sites for hydroxylation is 2. The van der Waals surface area contributed by atoms with Gasteiger partial charge in [-0.2, -0.15) is 0 Å². The molecule has 0 saturated carbocycles. The number of rotatable bonds is 6. The van der Waals surface area contributed by atoms with Crippen LogP contribution in [0.3, 0.4) is 0 Å². The van der Waals surface area contributed by atoms with Crippen LogP contribution in [0.5, 0.6) is 0 Å². The number of hydrogen-bond donors (Lipinski definition) is 3. The third-order valence-electron chi connectivity index (χ3n) is 3.43. The number of nitrogens with one attached hydrogen (secondary N) is 2. The fourth-order valence-electron chi connectivity index (χ4n) is 2.16. The maximum absolute atomic E-state index is 12.1. The SMILES string of the molecule is CCC(CO)NC(=O)c1ccc(Nc2nc(C)cc(C)n2)cc1. The summed E-state index contributed by atoms with van der Waals surface area (Å²) in [5.74, 6) is 0.339. The van der Waals surface area contributed by atoms with Crippen LogP contribution in [0, 0.1) is 13.8 Å². The van der Waals surface area contributed by atoms with Gasteiger partial charge in [0.05, 0.1) is 12.6 Å². The zero-order chi connectivity index (χ0) is 16.8. The third kappa shape index (κ3) is 4.75. The molecular formula is C17H22N4O2. The predicted octanol–water partition coefficient (Wildman–Crippen LogP) is 2.34. The lowest BCUT2D eigenvalue weighted by atomic mass is 10.1. The molecule has 122 valence electrons. The van der Waals surface area contributed by atoms with Crippen LogP contribution in [-0.4, -0.2) is 33.6 Å². The number of aliphatic hydroxyl groups excluding tert-OH is 1. The Balaban J connectivity index is 2.05. The molecule has 3 N–H and O–H groups in total. The highest BCUT2D eigenvalue weighted by molar-refractivity contribution is 5.94. The minimum Gasteiger partial charge on any atom is -0.394 e. The molecule has 1 unspecified atom stereocenters. The van der Waals surface area contributed by atoms with Crippen LogP contribution >= 0.6 is 0 Å². The van der Waals surface area contributed by atoms with Crippen molar-refractivity contribution in [2.24, 2.45) is 0 Å². The molecule has 1 aromatic carbocycles. The summed E-state index contributed by atoms with van der Waals surface area (Å²) in [6.45, 7) is 5.68. The van der Waals surface area contributed by atoms with Gasteiger partial charge >= 0.3 is 0 Å². The summed E-state index contributed by atoms with van der Waals surface area (Å²) in [6, 6.07) is 8.74. The van der Waals surface area contributed by atoms with Crippen LogP contribution in [-0.2, 0) is 0 Å². The number of aliphatic hydroxyl groups is 1. The van der Waals surface area contributed by atoms with E-state index in [0.717, 1.165) is 17.1 Å². The summed E-state index contributed by atoms with van der Waals surface area (Å²) in [5.41, 5.74) is 3.14. The van der Waals surface area contributed by atoms with Gasteiger partial charge in [0.15, 0.2) is 0 Å². The molecule has 0 aliphatic heterocycles. The second kappa shape index (κ2) is 7.69. The van der Waals surface area contributed by atoms with Gasteiger partial charge in [-0.15, -0.1) is 0 Å². The number of amides is 1. The first kappa shape index (κ1) is 16.9. The Bertz CT molecular complexity index is 647. The Morgan fingerprint density at radius 1 is 1.17 bits per heavy atom. The first-order valence-electron chi connectivity index (χ1n) is 7.63. The highest BCUT2D eigenvalue weighted by Crippen LogP contribution is 2.15. The van der Waals surface area contributed by atoms with Crippen molar-refractivity contribution in [3.05, 3.63) is 47.3 Å². The number of benzene rings is 1. The van der Waals surface area contributed by atoms with Crippen molar-refractivity contribution in [1.29, 1.82) is 0 Å². The van der Waals surface area contributed by atoms with Crippen molar-refractivity contribution in [1.82, 2.24) is 15.3 Å². The van der Waals surface area contributed by atoms with E-state index in [1.165, 1.54) is 0 Å². The average molecular weight is 314 g/mol. The summed E-state index contributed by atoms with van der Waals surface area (Å²) in [5, 5.41) is 15.0. The van der Waals surface area contributed by atoms with E-state index >= 15 is 0 Å². The van der Waals surface area contributed by atoms with Gasteiger partial charge in [0.25, 0.3) is 5.91 Å². The highest BCUT2D eigenvalue weighted by atomic mass is 16.3. The molecule has 1 aromatic heterocycles. The maximum atomic E-state index is 12.1. The summed E-state index contributed by atoms with van der Waals surface area (Å²) >= 11 is 0. The lowest BCUT2D eigenvalue weighted by Gasteiger charge is -2.14. The van der Waals surface area contributed by atoms with Crippen LogP contribution in [0.4, 0.5) is 11.6 Å². The van der Waals surface area contributed by atoms with Crippen molar-refractivity contribution in [2.75, 3.05) is 11.9 Å². The molecule has 0 spiro atoms. The lowest BCUT2D eigenvalue weighted by Crippen LogP contribution is -2.36. The third-order valence-corrected chi connectivity index (χ3v) is 3.43. The van der Waals surface area contributed by atoms with Crippen molar-refractivity contribution < 1.29 is 9.90 Å². The molecule has 1 atom stereocenters. The van der Waals surface area contributed by atoms with Crippen LogP contribution in [0.2, 0.25) is 0 Å². The second-order valence-corrected chi connectivity index (χ2v) is 5.44.